The van der Waals surface area contributed by atoms with E-state index >= 15 is 0 Å². The van der Waals surface area contributed by atoms with Crippen LogP contribution in [0.3, 0.4) is 0 Å². The van der Waals surface area contributed by atoms with Gasteiger partial charge >= 0.3 is 11.9 Å². The van der Waals surface area contributed by atoms with E-state index in [1.54, 1.807) is 18.2 Å². The molecule has 23 heavy (non-hydrogen) atoms. The summed E-state index contributed by atoms with van der Waals surface area (Å²) in [5.74, 6) is -2.12. The highest BCUT2D eigenvalue weighted by atomic mass is 16.5. The maximum atomic E-state index is 11.0. The van der Waals surface area contributed by atoms with Gasteiger partial charge in [0.15, 0.2) is 0 Å². The average molecular weight is 315 g/mol. The summed E-state index contributed by atoms with van der Waals surface area (Å²) in [6.07, 6.45) is -1.65. The topological polar surface area (TPSA) is 110 Å². The lowest BCUT2D eigenvalue weighted by atomic mass is 10.1. The summed E-state index contributed by atoms with van der Waals surface area (Å²) >= 11 is 0. The molecule has 0 radical (unpaired) electrons. The average Bonchev–Trinajstić information content (AvgIpc) is 2.54. The van der Waals surface area contributed by atoms with E-state index in [1.807, 2.05) is 36.4 Å². The molecule has 2 unspecified atom stereocenters. The lowest BCUT2D eigenvalue weighted by molar-refractivity contribution is -0.143. The summed E-state index contributed by atoms with van der Waals surface area (Å²) in [7, 11) is 0. The summed E-state index contributed by atoms with van der Waals surface area (Å²) in [6.45, 7) is 0. The van der Waals surface area contributed by atoms with Crippen LogP contribution in [0.25, 0.3) is 11.1 Å². The molecule has 2 atom stereocenters. The van der Waals surface area contributed by atoms with Crippen molar-refractivity contribution >= 4 is 11.9 Å². The molecule has 0 aliphatic carbocycles. The van der Waals surface area contributed by atoms with Gasteiger partial charge in [0, 0.05) is 0 Å². The van der Waals surface area contributed by atoms with Gasteiger partial charge in [-0.25, -0.2) is 0 Å². The highest BCUT2D eigenvalue weighted by molar-refractivity contribution is 5.76. The molecule has 0 amide bonds. The van der Waals surface area contributed by atoms with E-state index in [9.17, 15) is 9.59 Å². The van der Waals surface area contributed by atoms with E-state index in [0.29, 0.717) is 5.75 Å². The number of nitrogens with two attached hydrogens (primary N) is 1. The second-order valence-corrected chi connectivity index (χ2v) is 5.01. The van der Waals surface area contributed by atoms with Crippen LogP contribution in [-0.4, -0.2) is 34.3 Å². The van der Waals surface area contributed by atoms with Crippen molar-refractivity contribution in [3.05, 3.63) is 54.6 Å². The van der Waals surface area contributed by atoms with Crippen LogP contribution in [0.2, 0.25) is 0 Å². The molecule has 0 heterocycles. The van der Waals surface area contributed by atoms with Gasteiger partial charge in [-0.2, -0.15) is 0 Å². The molecule has 6 nitrogen and oxygen atoms in total. The van der Waals surface area contributed by atoms with Crippen molar-refractivity contribution in [2.45, 2.75) is 18.6 Å². The maximum Gasteiger partial charge on any atom is 0.324 e. The number of aliphatic carboxylic acids is 2. The Morgan fingerprint density at radius 3 is 2.26 bits per heavy atom. The van der Waals surface area contributed by atoms with Crippen molar-refractivity contribution in [2.24, 2.45) is 5.73 Å². The van der Waals surface area contributed by atoms with Gasteiger partial charge in [0.2, 0.25) is 0 Å². The predicted octanol–water partition coefficient (Wildman–Crippen LogP) is 1.99. The number of carbonyl (C=O) groups is 2. The molecular weight excluding hydrogens is 298 g/mol. The third kappa shape index (κ3) is 4.55. The number of hydrogen-bond donors (Lipinski definition) is 3. The monoisotopic (exact) mass is 315 g/mol. The Morgan fingerprint density at radius 2 is 1.65 bits per heavy atom. The Balaban J connectivity index is 2.23. The molecular formula is C17H17NO5. The molecule has 0 bridgehead atoms. The first-order valence-corrected chi connectivity index (χ1v) is 6.99. The summed E-state index contributed by atoms with van der Waals surface area (Å²) in [6, 6.07) is 15.1. The number of carboxylic acids is 2. The Morgan fingerprint density at radius 1 is 1.00 bits per heavy atom. The van der Waals surface area contributed by atoms with Crippen LogP contribution in [0, 0.1) is 0 Å². The SMILES string of the molecule is NC(C(=O)O)C(CC(=O)O)Oc1cccc(-c2ccccc2)c1. The summed E-state index contributed by atoms with van der Waals surface area (Å²) in [5, 5.41) is 17.9. The van der Waals surface area contributed by atoms with Crippen LogP contribution in [0.1, 0.15) is 6.42 Å². The number of carboxylic acid groups (broad SMARTS) is 2. The van der Waals surface area contributed by atoms with E-state index < -0.39 is 30.5 Å². The van der Waals surface area contributed by atoms with Gasteiger partial charge in [0.05, 0.1) is 6.42 Å². The van der Waals surface area contributed by atoms with E-state index in [-0.39, 0.29) is 0 Å². The normalized spacial score (nSPS) is 13.1. The molecule has 6 heteroatoms. The molecule has 0 aliphatic heterocycles. The second-order valence-electron chi connectivity index (χ2n) is 5.01. The number of rotatable bonds is 7. The third-order valence-corrected chi connectivity index (χ3v) is 3.29. The van der Waals surface area contributed by atoms with Crippen LogP contribution < -0.4 is 10.5 Å². The molecule has 0 saturated carbocycles. The van der Waals surface area contributed by atoms with Gasteiger partial charge in [0.1, 0.15) is 17.9 Å². The summed E-state index contributed by atoms with van der Waals surface area (Å²) in [4.78, 5) is 21.9. The van der Waals surface area contributed by atoms with Gasteiger partial charge in [-0.3, -0.25) is 9.59 Å². The van der Waals surface area contributed by atoms with Crippen LogP contribution in [0.4, 0.5) is 0 Å². The largest absolute Gasteiger partial charge is 0.488 e. The maximum absolute atomic E-state index is 11.0. The minimum atomic E-state index is -1.42. The van der Waals surface area contributed by atoms with Gasteiger partial charge in [0.25, 0.3) is 0 Å². The van der Waals surface area contributed by atoms with Crippen molar-refractivity contribution in [1.82, 2.24) is 0 Å². The fourth-order valence-electron chi connectivity index (χ4n) is 2.13. The van der Waals surface area contributed by atoms with Crippen molar-refractivity contribution < 1.29 is 24.5 Å². The Hall–Kier alpha value is -2.86. The van der Waals surface area contributed by atoms with Crippen molar-refractivity contribution in [3.8, 4) is 16.9 Å². The quantitative estimate of drug-likeness (QED) is 0.720. The lowest BCUT2D eigenvalue weighted by Crippen LogP contribution is -2.46. The Bertz CT molecular complexity index is 686. The van der Waals surface area contributed by atoms with Gasteiger partial charge in [-0.15, -0.1) is 0 Å². The summed E-state index contributed by atoms with van der Waals surface area (Å²) in [5.41, 5.74) is 7.36. The first-order chi connectivity index (χ1) is 11.0. The molecule has 2 aromatic carbocycles. The highest BCUT2D eigenvalue weighted by Gasteiger charge is 2.28. The van der Waals surface area contributed by atoms with Crippen LogP contribution in [-0.2, 0) is 9.59 Å². The molecule has 0 saturated heterocycles. The van der Waals surface area contributed by atoms with Crippen LogP contribution in [0.5, 0.6) is 5.75 Å². The molecule has 2 aromatic rings. The molecule has 0 fully saturated rings. The van der Waals surface area contributed by atoms with Crippen molar-refractivity contribution in [2.75, 3.05) is 0 Å². The molecule has 0 aromatic heterocycles. The van der Waals surface area contributed by atoms with E-state index in [0.717, 1.165) is 11.1 Å². The molecule has 0 aliphatic rings. The van der Waals surface area contributed by atoms with Gasteiger partial charge < -0.3 is 20.7 Å². The number of ether oxygens (including phenoxy) is 1. The van der Waals surface area contributed by atoms with Gasteiger partial charge in [-0.1, -0.05) is 42.5 Å². The first kappa shape index (κ1) is 16.5. The molecule has 0 spiro atoms. The Kier molecular flexibility index (Phi) is 5.32. The van der Waals surface area contributed by atoms with Gasteiger partial charge in [-0.05, 0) is 23.3 Å². The molecule has 2 rings (SSSR count). The fraction of sp³-hybridized carbons (Fsp3) is 0.176. The van der Waals surface area contributed by atoms with Crippen molar-refractivity contribution in [1.29, 1.82) is 0 Å². The minimum Gasteiger partial charge on any atom is -0.488 e. The smallest absolute Gasteiger partial charge is 0.324 e. The third-order valence-electron chi connectivity index (χ3n) is 3.29. The standard InChI is InChI=1S/C17H17NO5/c18-16(17(21)22)14(10-15(19)20)23-13-8-4-7-12(9-13)11-5-2-1-3-6-11/h1-9,14,16H,10,18H2,(H,19,20)(H,21,22). The second kappa shape index (κ2) is 7.42. The first-order valence-electron chi connectivity index (χ1n) is 6.99. The molecule has 4 N–H and O–H groups in total. The number of hydrogen-bond acceptors (Lipinski definition) is 4. The van der Waals surface area contributed by atoms with E-state index in [1.165, 1.54) is 0 Å². The lowest BCUT2D eigenvalue weighted by Gasteiger charge is -2.21. The van der Waals surface area contributed by atoms with Crippen LogP contribution >= 0.6 is 0 Å². The summed E-state index contributed by atoms with van der Waals surface area (Å²) < 4.78 is 5.52. The minimum absolute atomic E-state index is 0.370. The predicted molar refractivity (Wildman–Crippen MR) is 84.2 cm³/mol. The Labute approximate surface area is 133 Å². The zero-order chi connectivity index (χ0) is 16.8. The van der Waals surface area contributed by atoms with Crippen LogP contribution in [0.15, 0.2) is 54.6 Å². The number of benzene rings is 2. The zero-order valence-corrected chi connectivity index (χ0v) is 12.3. The fourth-order valence-corrected chi connectivity index (χ4v) is 2.13. The van der Waals surface area contributed by atoms with E-state index in [4.69, 9.17) is 20.7 Å². The van der Waals surface area contributed by atoms with E-state index in [2.05, 4.69) is 0 Å². The molecule has 120 valence electrons. The highest BCUT2D eigenvalue weighted by Crippen LogP contribution is 2.25. The zero-order valence-electron chi connectivity index (χ0n) is 12.3. The van der Waals surface area contributed by atoms with Crippen molar-refractivity contribution in [3.63, 3.8) is 0 Å².